The Morgan fingerprint density at radius 3 is 1.91 bits per heavy atom. The van der Waals surface area contributed by atoms with Crippen LogP contribution in [0.2, 0.25) is 0 Å². The molecule has 0 aliphatic carbocycles. The van der Waals surface area contributed by atoms with Crippen molar-refractivity contribution in [1.29, 1.82) is 0 Å². The smallest absolute Gasteiger partial charge is 0.275 e. The monoisotopic (exact) mass is 588 g/mol. The molecule has 5 rings (SSSR count). The van der Waals surface area contributed by atoms with E-state index in [0.29, 0.717) is 11.0 Å². The van der Waals surface area contributed by atoms with Crippen molar-refractivity contribution in [1.82, 2.24) is 10.2 Å². The number of aliphatic hydroxyl groups excluding tert-OH is 1. The van der Waals surface area contributed by atoms with Crippen LogP contribution in [-0.2, 0) is 24.6 Å². The molecule has 3 aromatic rings. The highest BCUT2D eigenvalue weighted by Crippen LogP contribution is 2.41. The van der Waals surface area contributed by atoms with Crippen molar-refractivity contribution in [3.05, 3.63) is 108 Å². The van der Waals surface area contributed by atoms with E-state index < -0.39 is 30.1 Å². The van der Waals surface area contributed by atoms with Gasteiger partial charge < -0.3 is 29.1 Å². The topological polar surface area (TPSA) is 80.3 Å². The van der Waals surface area contributed by atoms with Crippen molar-refractivity contribution in [3.63, 3.8) is 0 Å². The van der Waals surface area contributed by atoms with Crippen LogP contribution in [0.5, 0.6) is 0 Å². The fraction of sp³-hybridized carbons (Fsp3) is 0.457. The summed E-state index contributed by atoms with van der Waals surface area (Å²) in [6.45, 7) is 6.20. The minimum atomic E-state index is -0.910. The quantitative estimate of drug-likeness (QED) is 0.280. The number of aliphatic hydroxyl groups is 1. The molecular formula is C35H46N3O5+. The number of hydrogen-bond donors (Lipinski definition) is 2. The Morgan fingerprint density at radius 2 is 1.44 bits per heavy atom. The lowest BCUT2D eigenvalue weighted by atomic mass is 9.80. The molecule has 2 N–H and O–H groups in total. The molecule has 8 nitrogen and oxygen atoms in total. The van der Waals surface area contributed by atoms with E-state index in [0.717, 1.165) is 42.9 Å². The Kier molecular flexibility index (Phi) is 9.96. The molecule has 0 aromatic heterocycles. The van der Waals surface area contributed by atoms with Crippen molar-refractivity contribution in [2.75, 3.05) is 60.5 Å². The van der Waals surface area contributed by atoms with Gasteiger partial charge in [-0.2, -0.15) is 0 Å². The molecule has 3 aromatic carbocycles. The van der Waals surface area contributed by atoms with Gasteiger partial charge in [-0.25, -0.2) is 0 Å². The number of nitrogens with one attached hydrogen (secondary N) is 1. The Morgan fingerprint density at radius 1 is 0.953 bits per heavy atom. The van der Waals surface area contributed by atoms with Crippen LogP contribution in [-0.4, -0.2) is 105 Å². The maximum Gasteiger partial charge on any atom is 0.275 e. The van der Waals surface area contributed by atoms with Gasteiger partial charge in [0.05, 0.1) is 39.0 Å². The second-order valence-electron chi connectivity index (χ2n) is 12.3. The van der Waals surface area contributed by atoms with Crippen LogP contribution in [0.4, 0.5) is 0 Å². The van der Waals surface area contributed by atoms with E-state index in [-0.39, 0.29) is 18.4 Å². The highest BCUT2D eigenvalue weighted by molar-refractivity contribution is 5.77. The lowest BCUT2D eigenvalue weighted by Crippen LogP contribution is -2.65. The Balaban J connectivity index is 1.36. The van der Waals surface area contributed by atoms with Gasteiger partial charge in [0.25, 0.3) is 5.91 Å². The average molecular weight is 589 g/mol. The van der Waals surface area contributed by atoms with E-state index in [1.807, 2.05) is 61.5 Å². The Bertz CT molecular complexity index is 1200. The van der Waals surface area contributed by atoms with Crippen molar-refractivity contribution in [2.45, 2.75) is 37.1 Å². The van der Waals surface area contributed by atoms with Crippen LogP contribution in [0.15, 0.2) is 91.0 Å². The molecule has 2 aliphatic rings. The Labute approximate surface area is 255 Å². The number of likely N-dealkylation sites (N-methyl/N-ethyl adjacent to an activating group) is 2. The van der Waals surface area contributed by atoms with Gasteiger partial charge in [-0.05, 0) is 23.7 Å². The summed E-state index contributed by atoms with van der Waals surface area (Å²) in [5, 5.41) is 14.5. The number of carbonyl (C=O) groups is 1. The van der Waals surface area contributed by atoms with Gasteiger partial charge in [0.1, 0.15) is 11.6 Å². The maximum absolute atomic E-state index is 13.2. The third-order valence-electron chi connectivity index (χ3n) is 9.23. The highest BCUT2D eigenvalue weighted by atomic mass is 16.7. The van der Waals surface area contributed by atoms with Crippen molar-refractivity contribution in [2.24, 2.45) is 5.92 Å². The largest absolute Gasteiger partial charge is 0.390 e. The van der Waals surface area contributed by atoms with Crippen LogP contribution < -0.4 is 5.32 Å². The van der Waals surface area contributed by atoms with Gasteiger partial charge in [0, 0.05) is 26.1 Å². The van der Waals surface area contributed by atoms with Gasteiger partial charge in [0.2, 0.25) is 0 Å². The zero-order chi connectivity index (χ0) is 30.5. The normalized spacial score (nSPS) is 26.1. The van der Waals surface area contributed by atoms with Crippen LogP contribution in [0.1, 0.15) is 23.6 Å². The molecule has 0 radical (unpaired) electrons. The zero-order valence-corrected chi connectivity index (χ0v) is 25.8. The molecule has 1 amide bonds. The van der Waals surface area contributed by atoms with E-state index in [1.54, 1.807) is 7.11 Å². The second-order valence-corrected chi connectivity index (χ2v) is 12.3. The van der Waals surface area contributed by atoms with E-state index in [9.17, 15) is 9.90 Å². The molecule has 2 saturated heterocycles. The first-order chi connectivity index (χ1) is 20.8. The summed E-state index contributed by atoms with van der Waals surface area (Å²) in [6.07, 6.45) is -2.18. The molecule has 2 heterocycles. The number of quaternary nitrogens is 1. The third kappa shape index (κ3) is 6.85. The molecule has 5 atom stereocenters. The molecule has 8 heteroatoms. The maximum atomic E-state index is 13.2. The standard InChI is InChI=1S/C35H45N3O5/c1-26-30(43-34(41-4)32(33(26)40)36-31(39)24-38(3)22-20-37(2)21-23-38)25-42-35(27-14-8-5-9-15-27,28-16-10-6-11-17-28)29-18-12-7-13-19-29/h5-19,26,30,32-34,40H,20-25H2,1-4H3/p+1. The fourth-order valence-corrected chi connectivity index (χ4v) is 6.40. The molecule has 0 spiro atoms. The Hall–Kier alpha value is -3.11. The highest BCUT2D eigenvalue weighted by Gasteiger charge is 2.46. The van der Waals surface area contributed by atoms with Gasteiger partial charge in [0.15, 0.2) is 12.8 Å². The molecule has 0 saturated carbocycles. The van der Waals surface area contributed by atoms with Gasteiger partial charge in [-0.1, -0.05) is 97.9 Å². The molecule has 230 valence electrons. The minimum Gasteiger partial charge on any atom is -0.390 e. The number of piperazine rings is 1. The first-order valence-corrected chi connectivity index (χ1v) is 15.2. The minimum absolute atomic E-state index is 0.111. The number of amides is 1. The molecular weight excluding hydrogens is 542 g/mol. The number of nitrogens with zero attached hydrogens (tertiary/aromatic N) is 2. The predicted octanol–water partition coefficient (Wildman–Crippen LogP) is 3.24. The number of carbonyl (C=O) groups excluding carboxylic acids is 1. The summed E-state index contributed by atoms with van der Waals surface area (Å²) >= 11 is 0. The molecule has 2 aliphatic heterocycles. The van der Waals surface area contributed by atoms with E-state index >= 15 is 0 Å². The number of benzene rings is 3. The zero-order valence-electron chi connectivity index (χ0n) is 25.8. The van der Waals surface area contributed by atoms with Crippen LogP contribution in [0, 0.1) is 5.92 Å². The molecule has 2 fully saturated rings. The van der Waals surface area contributed by atoms with E-state index in [1.165, 1.54) is 0 Å². The first kappa shape index (κ1) is 31.3. The van der Waals surface area contributed by atoms with Crippen LogP contribution >= 0.6 is 0 Å². The van der Waals surface area contributed by atoms with E-state index in [4.69, 9.17) is 14.2 Å². The summed E-state index contributed by atoms with van der Waals surface area (Å²) < 4.78 is 19.8. The van der Waals surface area contributed by atoms with Crippen molar-refractivity contribution < 1.29 is 28.6 Å². The summed E-state index contributed by atoms with van der Waals surface area (Å²) in [4.78, 5) is 15.5. The second kappa shape index (κ2) is 13.7. The molecule has 0 bridgehead atoms. The first-order valence-electron chi connectivity index (χ1n) is 15.2. The lowest BCUT2D eigenvalue weighted by Gasteiger charge is -2.45. The SMILES string of the molecule is COC1OC(COC(c2ccccc2)(c2ccccc2)c2ccccc2)C(C)C(O)C1NC(=O)C[N+]1(C)CCN(C)CC1. The summed E-state index contributed by atoms with van der Waals surface area (Å²) in [7, 11) is 5.76. The van der Waals surface area contributed by atoms with E-state index in [2.05, 4.69) is 60.7 Å². The fourth-order valence-electron chi connectivity index (χ4n) is 6.40. The average Bonchev–Trinajstić information content (AvgIpc) is 3.04. The molecule has 5 unspecified atom stereocenters. The summed E-state index contributed by atoms with van der Waals surface area (Å²) in [5.74, 6) is -0.440. The number of methoxy groups -OCH3 is 1. The van der Waals surface area contributed by atoms with Crippen molar-refractivity contribution in [3.8, 4) is 0 Å². The summed E-state index contributed by atoms with van der Waals surface area (Å²) in [6, 6.07) is 29.9. The van der Waals surface area contributed by atoms with Gasteiger partial charge in [-0.15, -0.1) is 0 Å². The third-order valence-corrected chi connectivity index (χ3v) is 9.23. The summed E-state index contributed by atoms with van der Waals surface area (Å²) in [5.41, 5.74) is 2.06. The number of hydrogen-bond acceptors (Lipinski definition) is 6. The van der Waals surface area contributed by atoms with Gasteiger partial charge >= 0.3 is 0 Å². The number of rotatable bonds is 10. The predicted molar refractivity (Wildman–Crippen MR) is 166 cm³/mol. The van der Waals surface area contributed by atoms with Crippen LogP contribution in [0.25, 0.3) is 0 Å². The number of ether oxygens (including phenoxy) is 3. The lowest BCUT2D eigenvalue weighted by molar-refractivity contribution is -0.906. The molecule has 43 heavy (non-hydrogen) atoms. The van der Waals surface area contributed by atoms with Crippen molar-refractivity contribution >= 4 is 5.91 Å². The van der Waals surface area contributed by atoms with Gasteiger partial charge in [-0.3, -0.25) is 9.69 Å². The van der Waals surface area contributed by atoms with Crippen LogP contribution in [0.3, 0.4) is 0 Å².